The number of benzene rings is 1. The smallest absolute Gasteiger partial charge is 0.247 e. The number of hydrogen-bond donors (Lipinski definition) is 2. The molecule has 1 aliphatic heterocycles. The first kappa shape index (κ1) is 24.9. The van der Waals surface area contributed by atoms with Crippen LogP contribution in [0.4, 0.5) is 4.39 Å². The van der Waals surface area contributed by atoms with Crippen molar-refractivity contribution >= 4 is 46.0 Å². The highest BCUT2D eigenvalue weighted by Gasteiger charge is 2.17. The molecule has 1 saturated heterocycles. The van der Waals surface area contributed by atoms with Gasteiger partial charge in [-0.2, -0.15) is 5.10 Å². The second-order valence-corrected chi connectivity index (χ2v) is 8.66. The van der Waals surface area contributed by atoms with Gasteiger partial charge in [0.25, 0.3) is 0 Å². The van der Waals surface area contributed by atoms with Crippen LogP contribution >= 0.6 is 23.2 Å². The van der Waals surface area contributed by atoms with Crippen molar-refractivity contribution in [1.29, 1.82) is 0 Å². The molecule has 1 fully saturated rings. The molecule has 0 saturated carbocycles. The normalized spacial score (nSPS) is 14.5. The van der Waals surface area contributed by atoms with Crippen LogP contribution in [0, 0.1) is 0 Å². The average Bonchev–Trinajstić information content (AvgIpc) is 3.54. The molecule has 35 heavy (non-hydrogen) atoms. The van der Waals surface area contributed by atoms with Crippen LogP contribution in [-0.2, 0) is 4.74 Å². The Labute approximate surface area is 210 Å². The third-order valence-corrected chi connectivity index (χ3v) is 5.93. The topological polar surface area (TPSA) is 92.9 Å². The predicted molar refractivity (Wildman–Crippen MR) is 135 cm³/mol. The first-order valence-corrected chi connectivity index (χ1v) is 11.8. The van der Waals surface area contributed by atoms with E-state index in [0.29, 0.717) is 38.0 Å². The van der Waals surface area contributed by atoms with Gasteiger partial charge in [0.15, 0.2) is 0 Å². The third-order valence-electron chi connectivity index (χ3n) is 5.32. The zero-order valence-corrected chi connectivity index (χ0v) is 20.4. The zero-order valence-electron chi connectivity index (χ0n) is 18.9. The van der Waals surface area contributed by atoms with Crippen molar-refractivity contribution in [2.45, 2.75) is 25.9 Å². The molecule has 0 amide bonds. The molecule has 3 aromatic heterocycles. The molecule has 0 aliphatic carbocycles. The summed E-state index contributed by atoms with van der Waals surface area (Å²) < 4.78 is 25.6. The van der Waals surface area contributed by atoms with Crippen molar-refractivity contribution in [3.05, 3.63) is 86.1 Å². The fourth-order valence-corrected chi connectivity index (χ4v) is 4.22. The molecule has 0 bridgehead atoms. The van der Waals surface area contributed by atoms with Gasteiger partial charge >= 0.3 is 0 Å². The molecule has 7 nitrogen and oxygen atoms in total. The number of aromatic amines is 2. The molecule has 1 aromatic carbocycles. The lowest BCUT2D eigenvalue weighted by molar-refractivity contribution is 0.198. The van der Waals surface area contributed by atoms with Gasteiger partial charge < -0.3 is 14.5 Å². The molecule has 182 valence electrons. The number of halogens is 3. The van der Waals surface area contributed by atoms with Gasteiger partial charge in [-0.05, 0) is 44.0 Å². The Morgan fingerprint density at radius 1 is 1.17 bits per heavy atom. The van der Waals surface area contributed by atoms with Crippen molar-refractivity contribution in [2.75, 3.05) is 13.2 Å². The standard InChI is InChI=1S/C21H15Cl2FN4O2.C4H8O/c1-11(21-15(22)9-25-10-16(21)23)30-13-3-4-18-14(6-13)19(28-27-18)7-17(24)12-2-5-20(29)26-8-12;1-2-4-5-3-1/h2-11H,1H3,(H,26,29)(H,27,28);1-4H2/b17-7-;. The Morgan fingerprint density at radius 3 is 2.54 bits per heavy atom. The van der Waals surface area contributed by atoms with E-state index in [1.807, 2.05) is 6.92 Å². The van der Waals surface area contributed by atoms with E-state index in [1.165, 1.54) is 49.6 Å². The van der Waals surface area contributed by atoms with Crippen LogP contribution in [0.15, 0.2) is 53.7 Å². The number of pyridine rings is 2. The van der Waals surface area contributed by atoms with Crippen LogP contribution in [0.2, 0.25) is 10.0 Å². The molecule has 1 atom stereocenters. The van der Waals surface area contributed by atoms with Gasteiger partial charge in [0.2, 0.25) is 5.56 Å². The summed E-state index contributed by atoms with van der Waals surface area (Å²) in [7, 11) is 0. The zero-order chi connectivity index (χ0) is 24.8. The highest BCUT2D eigenvalue weighted by molar-refractivity contribution is 6.35. The Bertz CT molecular complexity index is 1350. The van der Waals surface area contributed by atoms with Crippen LogP contribution in [0.1, 0.15) is 42.7 Å². The van der Waals surface area contributed by atoms with Crippen molar-refractivity contribution < 1.29 is 13.9 Å². The molecule has 10 heteroatoms. The van der Waals surface area contributed by atoms with Crippen molar-refractivity contribution in [2.24, 2.45) is 0 Å². The monoisotopic (exact) mass is 516 g/mol. The third kappa shape index (κ3) is 6.28. The maximum atomic E-state index is 14.6. The van der Waals surface area contributed by atoms with Gasteiger partial charge in [-0.15, -0.1) is 0 Å². The summed E-state index contributed by atoms with van der Waals surface area (Å²) in [5, 5.41) is 8.49. The van der Waals surface area contributed by atoms with E-state index in [2.05, 4.69) is 20.2 Å². The molecule has 0 radical (unpaired) electrons. The van der Waals surface area contributed by atoms with Crippen LogP contribution in [0.3, 0.4) is 0 Å². The van der Waals surface area contributed by atoms with Crippen LogP contribution in [-0.4, -0.2) is 33.4 Å². The number of ether oxygens (including phenoxy) is 2. The number of nitrogens with one attached hydrogen (secondary N) is 2. The van der Waals surface area contributed by atoms with Crippen LogP contribution < -0.4 is 10.3 Å². The number of fused-ring (bicyclic) bond motifs is 1. The summed E-state index contributed by atoms with van der Waals surface area (Å²) in [6.45, 7) is 3.82. The molecular formula is C25H23Cl2FN4O3. The van der Waals surface area contributed by atoms with Crippen LogP contribution in [0.5, 0.6) is 5.75 Å². The van der Waals surface area contributed by atoms with E-state index in [9.17, 15) is 9.18 Å². The number of nitrogens with zero attached hydrogens (tertiary/aromatic N) is 2. The minimum atomic E-state index is -0.521. The van der Waals surface area contributed by atoms with Gasteiger partial charge in [-0.25, -0.2) is 4.39 Å². The van der Waals surface area contributed by atoms with Crippen LogP contribution in [0.25, 0.3) is 22.8 Å². The fraction of sp³-hybridized carbons (Fsp3) is 0.240. The van der Waals surface area contributed by atoms with Gasteiger partial charge in [0, 0.05) is 60.5 Å². The van der Waals surface area contributed by atoms with E-state index in [1.54, 1.807) is 18.2 Å². The molecule has 0 spiro atoms. The Kier molecular flexibility index (Phi) is 8.17. The quantitative estimate of drug-likeness (QED) is 0.322. The van der Waals surface area contributed by atoms with Crippen molar-refractivity contribution in [3.63, 3.8) is 0 Å². The number of hydrogen-bond acceptors (Lipinski definition) is 5. The first-order chi connectivity index (χ1) is 16.9. The second-order valence-electron chi connectivity index (χ2n) is 7.85. The maximum Gasteiger partial charge on any atom is 0.247 e. The highest BCUT2D eigenvalue weighted by Crippen LogP contribution is 2.33. The van der Waals surface area contributed by atoms with E-state index >= 15 is 0 Å². The number of rotatable bonds is 5. The molecule has 4 heterocycles. The van der Waals surface area contributed by atoms with Gasteiger partial charge in [-0.1, -0.05) is 23.2 Å². The predicted octanol–water partition coefficient (Wildman–Crippen LogP) is 6.36. The lowest BCUT2D eigenvalue weighted by Gasteiger charge is -2.17. The van der Waals surface area contributed by atoms with E-state index in [-0.39, 0.29) is 11.1 Å². The summed E-state index contributed by atoms with van der Waals surface area (Å²) in [6.07, 6.45) is 7.75. The second kappa shape index (κ2) is 11.5. The number of H-pyrrole nitrogens is 2. The largest absolute Gasteiger partial charge is 0.486 e. The number of aromatic nitrogens is 4. The summed E-state index contributed by atoms with van der Waals surface area (Å²) in [5.74, 6) is 0.0197. The molecule has 4 aromatic rings. The summed E-state index contributed by atoms with van der Waals surface area (Å²) in [4.78, 5) is 17.5. The van der Waals surface area contributed by atoms with E-state index in [4.69, 9.17) is 32.7 Å². The SMILES string of the molecule is C1CCOC1.CC(Oc1ccc2n[nH]c(/C=C(\F)c3ccc(=O)[nH]c3)c2c1)c1c(Cl)cncc1Cl. The lowest BCUT2D eigenvalue weighted by atomic mass is 10.1. The Balaban J connectivity index is 0.000000514. The van der Waals surface area contributed by atoms with Gasteiger partial charge in [0.05, 0.1) is 21.3 Å². The fourth-order valence-electron chi connectivity index (χ4n) is 3.54. The Morgan fingerprint density at radius 2 is 1.91 bits per heavy atom. The average molecular weight is 517 g/mol. The van der Waals surface area contributed by atoms with Gasteiger partial charge in [-0.3, -0.25) is 14.9 Å². The molecule has 2 N–H and O–H groups in total. The minimum absolute atomic E-state index is 0.250. The van der Waals surface area contributed by atoms with Crippen molar-refractivity contribution in [3.8, 4) is 5.75 Å². The molecule has 1 unspecified atom stereocenters. The summed E-state index contributed by atoms with van der Waals surface area (Å²) in [5.41, 5.74) is 1.69. The highest BCUT2D eigenvalue weighted by atomic mass is 35.5. The summed E-state index contributed by atoms with van der Waals surface area (Å²) in [6, 6.07) is 7.94. The molecular weight excluding hydrogens is 494 g/mol. The Hall–Kier alpha value is -3.20. The van der Waals surface area contributed by atoms with E-state index in [0.717, 1.165) is 13.2 Å². The maximum absolute atomic E-state index is 14.6. The van der Waals surface area contributed by atoms with Gasteiger partial charge in [0.1, 0.15) is 17.7 Å². The minimum Gasteiger partial charge on any atom is -0.486 e. The summed E-state index contributed by atoms with van der Waals surface area (Å²) >= 11 is 12.4. The van der Waals surface area contributed by atoms with E-state index < -0.39 is 11.9 Å². The molecule has 1 aliphatic rings. The first-order valence-electron chi connectivity index (χ1n) is 11.0. The van der Waals surface area contributed by atoms with Crippen molar-refractivity contribution in [1.82, 2.24) is 20.2 Å². The molecule has 5 rings (SSSR count). The lowest BCUT2D eigenvalue weighted by Crippen LogP contribution is -2.05.